The zero-order valence-electron chi connectivity index (χ0n) is 10.9. The van der Waals surface area contributed by atoms with Gasteiger partial charge in [0.25, 0.3) is 0 Å². The van der Waals surface area contributed by atoms with Gasteiger partial charge in [0, 0.05) is 6.07 Å². The molecular formula is C14H14F3NO2. The van der Waals surface area contributed by atoms with Gasteiger partial charge in [0.1, 0.15) is 5.75 Å². The van der Waals surface area contributed by atoms with Crippen LogP contribution < -0.4 is 4.74 Å². The van der Waals surface area contributed by atoms with Gasteiger partial charge >= 0.3 is 6.18 Å². The van der Waals surface area contributed by atoms with Gasteiger partial charge in [0.05, 0.1) is 12.2 Å². The molecule has 0 aliphatic carbocycles. The number of ether oxygens (including phenoxy) is 1. The topological polar surface area (TPSA) is 35.3 Å². The molecule has 20 heavy (non-hydrogen) atoms. The summed E-state index contributed by atoms with van der Waals surface area (Å²) in [6.45, 7) is 2.54. The maximum absolute atomic E-state index is 12.5. The van der Waals surface area contributed by atoms with E-state index in [4.69, 9.17) is 9.26 Å². The molecule has 6 heteroatoms. The Labute approximate surface area is 114 Å². The standard InChI is InChI=1S/C14H14F3NO2/c1-2-3-8-19-11-7-5-4-6-10(11)12-9-13(18-20-12)14(15,16)17/h4-7,9H,2-3,8H2,1H3. The molecule has 0 unspecified atom stereocenters. The maximum atomic E-state index is 12.5. The van der Waals surface area contributed by atoms with Crippen LogP contribution in [0.3, 0.4) is 0 Å². The fraction of sp³-hybridized carbons (Fsp3) is 0.357. The van der Waals surface area contributed by atoms with Gasteiger partial charge in [-0.3, -0.25) is 0 Å². The van der Waals surface area contributed by atoms with Crippen LogP contribution in [0.2, 0.25) is 0 Å². The van der Waals surface area contributed by atoms with Gasteiger partial charge in [0.15, 0.2) is 11.5 Å². The van der Waals surface area contributed by atoms with E-state index in [1.807, 2.05) is 6.92 Å². The first-order chi connectivity index (χ1) is 9.52. The van der Waals surface area contributed by atoms with E-state index < -0.39 is 11.9 Å². The molecule has 0 spiro atoms. The molecule has 0 fully saturated rings. The second kappa shape index (κ2) is 5.98. The number of aromatic nitrogens is 1. The molecular weight excluding hydrogens is 271 g/mol. The normalized spacial score (nSPS) is 11.6. The molecule has 0 aliphatic heterocycles. The number of para-hydroxylation sites is 1. The van der Waals surface area contributed by atoms with Crippen molar-refractivity contribution < 1.29 is 22.4 Å². The van der Waals surface area contributed by atoms with Crippen LogP contribution in [0.15, 0.2) is 34.9 Å². The van der Waals surface area contributed by atoms with Gasteiger partial charge in [-0.25, -0.2) is 0 Å². The minimum Gasteiger partial charge on any atom is -0.493 e. The summed E-state index contributed by atoms with van der Waals surface area (Å²) in [6, 6.07) is 7.67. The molecule has 0 saturated heterocycles. The summed E-state index contributed by atoms with van der Waals surface area (Å²) in [4.78, 5) is 0. The number of benzene rings is 1. The Kier molecular flexibility index (Phi) is 4.32. The first-order valence-electron chi connectivity index (χ1n) is 6.28. The van der Waals surface area contributed by atoms with Gasteiger partial charge in [-0.1, -0.05) is 30.6 Å². The average Bonchev–Trinajstić information content (AvgIpc) is 2.89. The molecule has 0 aliphatic rings. The number of unbranched alkanes of at least 4 members (excludes halogenated alkanes) is 1. The van der Waals surface area contributed by atoms with Crippen molar-refractivity contribution in [3.05, 3.63) is 36.0 Å². The van der Waals surface area contributed by atoms with Crippen molar-refractivity contribution in [2.75, 3.05) is 6.61 Å². The highest BCUT2D eigenvalue weighted by molar-refractivity contribution is 5.65. The van der Waals surface area contributed by atoms with Crippen molar-refractivity contribution in [2.24, 2.45) is 0 Å². The highest BCUT2D eigenvalue weighted by atomic mass is 19.4. The highest BCUT2D eigenvalue weighted by Crippen LogP contribution is 2.35. The van der Waals surface area contributed by atoms with Crippen molar-refractivity contribution in [3.8, 4) is 17.1 Å². The molecule has 1 heterocycles. The van der Waals surface area contributed by atoms with Gasteiger partial charge in [-0.2, -0.15) is 13.2 Å². The Morgan fingerprint density at radius 1 is 1.25 bits per heavy atom. The summed E-state index contributed by atoms with van der Waals surface area (Å²) >= 11 is 0. The lowest BCUT2D eigenvalue weighted by Crippen LogP contribution is -2.04. The molecule has 0 radical (unpaired) electrons. The molecule has 3 nitrogen and oxygen atoms in total. The first kappa shape index (κ1) is 14.4. The summed E-state index contributed by atoms with van der Waals surface area (Å²) in [5, 5.41) is 3.05. The third-order valence-electron chi connectivity index (χ3n) is 2.71. The molecule has 0 saturated carbocycles. The van der Waals surface area contributed by atoms with E-state index in [0.717, 1.165) is 18.9 Å². The quantitative estimate of drug-likeness (QED) is 0.756. The summed E-state index contributed by atoms with van der Waals surface area (Å²) in [7, 11) is 0. The van der Waals surface area contributed by atoms with E-state index in [1.54, 1.807) is 24.3 Å². The van der Waals surface area contributed by atoms with Crippen LogP contribution in [-0.2, 0) is 6.18 Å². The molecule has 1 aromatic carbocycles. The van der Waals surface area contributed by atoms with Gasteiger partial charge < -0.3 is 9.26 Å². The van der Waals surface area contributed by atoms with E-state index in [2.05, 4.69) is 5.16 Å². The number of nitrogens with zero attached hydrogens (tertiary/aromatic N) is 1. The van der Waals surface area contributed by atoms with Gasteiger partial charge in [0.2, 0.25) is 0 Å². The third kappa shape index (κ3) is 3.31. The van der Waals surface area contributed by atoms with Crippen LogP contribution >= 0.6 is 0 Å². The van der Waals surface area contributed by atoms with Crippen LogP contribution in [-0.4, -0.2) is 11.8 Å². The fourth-order valence-corrected chi connectivity index (χ4v) is 1.66. The molecule has 0 amide bonds. The van der Waals surface area contributed by atoms with Crippen LogP contribution in [0, 0.1) is 0 Å². The van der Waals surface area contributed by atoms with E-state index in [1.165, 1.54) is 0 Å². The maximum Gasteiger partial charge on any atom is 0.436 e. The summed E-state index contributed by atoms with van der Waals surface area (Å²) < 4.78 is 47.9. The van der Waals surface area contributed by atoms with Crippen molar-refractivity contribution in [1.29, 1.82) is 0 Å². The lowest BCUT2D eigenvalue weighted by Gasteiger charge is -2.08. The van der Waals surface area contributed by atoms with E-state index in [0.29, 0.717) is 17.9 Å². The Morgan fingerprint density at radius 2 is 2.00 bits per heavy atom. The summed E-state index contributed by atoms with van der Waals surface area (Å²) in [5.41, 5.74) is -0.581. The van der Waals surface area contributed by atoms with Crippen molar-refractivity contribution >= 4 is 0 Å². The van der Waals surface area contributed by atoms with Crippen LogP contribution in [0.4, 0.5) is 13.2 Å². The van der Waals surface area contributed by atoms with Gasteiger partial charge in [-0.05, 0) is 18.6 Å². The van der Waals surface area contributed by atoms with Crippen LogP contribution in [0.1, 0.15) is 25.5 Å². The lowest BCUT2D eigenvalue weighted by molar-refractivity contribution is -0.142. The second-order valence-electron chi connectivity index (χ2n) is 4.27. The average molecular weight is 285 g/mol. The van der Waals surface area contributed by atoms with E-state index in [9.17, 15) is 13.2 Å². The Balaban J connectivity index is 2.26. The molecule has 1 aromatic heterocycles. The molecule has 0 N–H and O–H groups in total. The zero-order valence-corrected chi connectivity index (χ0v) is 10.9. The largest absolute Gasteiger partial charge is 0.493 e. The van der Waals surface area contributed by atoms with E-state index in [-0.39, 0.29) is 5.76 Å². The summed E-state index contributed by atoms with van der Waals surface area (Å²) in [6.07, 6.45) is -2.67. The first-order valence-corrected chi connectivity index (χ1v) is 6.28. The molecule has 108 valence electrons. The third-order valence-corrected chi connectivity index (χ3v) is 2.71. The number of hydrogen-bond acceptors (Lipinski definition) is 3. The predicted octanol–water partition coefficient (Wildman–Crippen LogP) is 4.54. The van der Waals surface area contributed by atoms with Crippen molar-refractivity contribution in [3.63, 3.8) is 0 Å². The number of rotatable bonds is 5. The smallest absolute Gasteiger partial charge is 0.436 e. The van der Waals surface area contributed by atoms with Crippen molar-refractivity contribution in [1.82, 2.24) is 5.16 Å². The molecule has 2 aromatic rings. The summed E-state index contributed by atoms with van der Waals surface area (Å²) in [5.74, 6) is 0.537. The Bertz CT molecular complexity index is 564. The molecule has 0 atom stereocenters. The zero-order chi connectivity index (χ0) is 14.6. The van der Waals surface area contributed by atoms with E-state index >= 15 is 0 Å². The number of halogens is 3. The molecule has 2 rings (SSSR count). The minimum atomic E-state index is -4.51. The highest BCUT2D eigenvalue weighted by Gasteiger charge is 2.35. The lowest BCUT2D eigenvalue weighted by atomic mass is 10.1. The number of alkyl halides is 3. The van der Waals surface area contributed by atoms with Crippen molar-refractivity contribution in [2.45, 2.75) is 25.9 Å². The minimum absolute atomic E-state index is 0.0458. The Hall–Kier alpha value is -1.98. The monoisotopic (exact) mass is 285 g/mol. The van der Waals surface area contributed by atoms with Crippen LogP contribution in [0.25, 0.3) is 11.3 Å². The SMILES string of the molecule is CCCCOc1ccccc1-c1cc(C(F)(F)F)no1. The molecule has 0 bridgehead atoms. The second-order valence-corrected chi connectivity index (χ2v) is 4.27. The predicted molar refractivity (Wildman–Crippen MR) is 67.3 cm³/mol. The Morgan fingerprint density at radius 3 is 2.65 bits per heavy atom. The van der Waals surface area contributed by atoms with Gasteiger partial charge in [-0.15, -0.1) is 0 Å². The fourth-order valence-electron chi connectivity index (χ4n) is 1.66. The van der Waals surface area contributed by atoms with Crippen LogP contribution in [0.5, 0.6) is 5.75 Å². The number of hydrogen-bond donors (Lipinski definition) is 0.